The van der Waals surface area contributed by atoms with E-state index in [1.165, 1.54) is 17.1 Å². The molecule has 3 aromatic carbocycles. The summed E-state index contributed by atoms with van der Waals surface area (Å²) in [6.07, 6.45) is 0. The zero-order chi connectivity index (χ0) is 26.2. The van der Waals surface area contributed by atoms with E-state index in [0.717, 1.165) is 5.56 Å². The van der Waals surface area contributed by atoms with Crippen LogP contribution >= 0.6 is 0 Å². The lowest BCUT2D eigenvalue weighted by molar-refractivity contribution is -0.384. The first-order valence-corrected chi connectivity index (χ1v) is 11.6. The van der Waals surface area contributed by atoms with E-state index in [1.807, 2.05) is 26.8 Å². The van der Waals surface area contributed by atoms with Gasteiger partial charge in [0.1, 0.15) is 11.8 Å². The Morgan fingerprint density at radius 3 is 2.28 bits per heavy atom. The van der Waals surface area contributed by atoms with Crippen LogP contribution in [0.15, 0.2) is 72.8 Å². The van der Waals surface area contributed by atoms with Crippen LogP contribution in [-0.4, -0.2) is 41.4 Å². The molecule has 3 aromatic rings. The van der Waals surface area contributed by atoms with Crippen molar-refractivity contribution in [1.29, 1.82) is 0 Å². The van der Waals surface area contributed by atoms with Crippen LogP contribution < -0.4 is 15.5 Å². The number of nitrogens with one attached hydrogen (secondary N) is 2. The monoisotopic (exact) mass is 490 g/mol. The summed E-state index contributed by atoms with van der Waals surface area (Å²) in [7, 11) is 1.57. The Balaban J connectivity index is 1.90. The molecule has 0 aromatic heterocycles. The first-order valence-electron chi connectivity index (χ1n) is 11.6. The van der Waals surface area contributed by atoms with Crippen LogP contribution in [-0.2, 0) is 4.79 Å². The summed E-state index contributed by atoms with van der Waals surface area (Å²) in [4.78, 5) is 37.5. The molecule has 0 aliphatic heterocycles. The van der Waals surface area contributed by atoms with E-state index in [4.69, 9.17) is 4.74 Å². The predicted octanol–water partition coefficient (Wildman–Crippen LogP) is 4.69. The van der Waals surface area contributed by atoms with E-state index in [-0.39, 0.29) is 17.5 Å². The molecule has 36 heavy (non-hydrogen) atoms. The summed E-state index contributed by atoms with van der Waals surface area (Å²) in [5.41, 5.74) is 5.78. The second kappa shape index (κ2) is 11.8. The molecule has 0 spiro atoms. The lowest BCUT2D eigenvalue weighted by atomic mass is 9.92. The summed E-state index contributed by atoms with van der Waals surface area (Å²) in [5, 5.41) is 15.4. The molecule has 0 saturated heterocycles. The number of non-ortho nitro benzene ring substituents is 1. The zero-order valence-corrected chi connectivity index (χ0v) is 20.7. The van der Waals surface area contributed by atoms with Crippen molar-refractivity contribution in [3.63, 3.8) is 0 Å². The number of carbonyl (C=O) groups is 2. The highest BCUT2D eigenvalue weighted by Crippen LogP contribution is 2.25. The van der Waals surface area contributed by atoms with E-state index < -0.39 is 16.9 Å². The Morgan fingerprint density at radius 1 is 1.06 bits per heavy atom. The van der Waals surface area contributed by atoms with Gasteiger partial charge in [0.05, 0.1) is 17.7 Å². The molecule has 2 atom stereocenters. The molecular weight excluding hydrogens is 460 g/mol. The third-order valence-corrected chi connectivity index (χ3v) is 5.90. The summed E-state index contributed by atoms with van der Waals surface area (Å²) in [6.45, 7) is 5.84. The van der Waals surface area contributed by atoms with Gasteiger partial charge < -0.3 is 10.1 Å². The molecule has 9 nitrogen and oxygen atoms in total. The van der Waals surface area contributed by atoms with Crippen molar-refractivity contribution in [3.05, 3.63) is 99.6 Å². The Labute approximate surface area is 210 Å². The largest absolute Gasteiger partial charge is 0.497 e. The number of hydrazine groups is 1. The second-order valence-corrected chi connectivity index (χ2v) is 8.38. The highest BCUT2D eigenvalue weighted by Gasteiger charge is 2.32. The quantitative estimate of drug-likeness (QED) is 0.315. The fraction of sp³-hybridized carbons (Fsp3) is 0.259. The van der Waals surface area contributed by atoms with E-state index in [9.17, 15) is 19.7 Å². The fourth-order valence-corrected chi connectivity index (χ4v) is 3.78. The smallest absolute Gasteiger partial charge is 0.269 e. The average Bonchev–Trinajstić information content (AvgIpc) is 2.89. The first-order chi connectivity index (χ1) is 17.2. The van der Waals surface area contributed by atoms with E-state index in [1.54, 1.807) is 61.7 Å². The van der Waals surface area contributed by atoms with Crippen LogP contribution in [0, 0.1) is 17.0 Å². The van der Waals surface area contributed by atoms with Crippen LogP contribution in [0.1, 0.15) is 41.3 Å². The van der Waals surface area contributed by atoms with Gasteiger partial charge in [0.15, 0.2) is 0 Å². The topological polar surface area (TPSA) is 114 Å². The first kappa shape index (κ1) is 26.2. The van der Waals surface area contributed by atoms with Gasteiger partial charge in [-0.15, -0.1) is 0 Å². The number of nitro groups is 1. The minimum atomic E-state index is -0.940. The summed E-state index contributed by atoms with van der Waals surface area (Å²) >= 11 is 0. The lowest BCUT2D eigenvalue weighted by Gasteiger charge is -2.31. The fourth-order valence-electron chi connectivity index (χ4n) is 3.78. The van der Waals surface area contributed by atoms with Gasteiger partial charge in [-0.1, -0.05) is 36.8 Å². The molecule has 0 bridgehead atoms. The van der Waals surface area contributed by atoms with E-state index >= 15 is 0 Å². The summed E-state index contributed by atoms with van der Waals surface area (Å²) in [6, 6.07) is 19.3. The van der Waals surface area contributed by atoms with Gasteiger partial charge in [-0.3, -0.25) is 30.1 Å². The summed E-state index contributed by atoms with van der Waals surface area (Å²) in [5.74, 6) is -0.518. The standard InChI is InChI=1S/C27H30N4O5/c1-5-30(29-22-11-15-24(36-4)16-12-22)27(33)25(28-26(32)21-8-6-7-18(2)17-21)19(3)20-9-13-23(14-10-20)31(34)35/h6-17,19,25,29H,5H2,1-4H3,(H,28,32). The van der Waals surface area contributed by atoms with Gasteiger partial charge in [-0.05, 0) is 55.8 Å². The molecule has 3 rings (SSSR count). The number of hydrogen-bond acceptors (Lipinski definition) is 6. The van der Waals surface area contributed by atoms with Crippen molar-refractivity contribution in [2.24, 2.45) is 0 Å². The molecule has 0 aliphatic carbocycles. The van der Waals surface area contributed by atoms with Crippen molar-refractivity contribution in [3.8, 4) is 5.75 Å². The van der Waals surface area contributed by atoms with Crippen LogP contribution in [0.3, 0.4) is 0 Å². The number of aryl methyl sites for hydroxylation is 1. The van der Waals surface area contributed by atoms with Crippen molar-refractivity contribution in [2.45, 2.75) is 32.7 Å². The maximum Gasteiger partial charge on any atom is 0.269 e. The molecule has 0 fully saturated rings. The molecule has 2 N–H and O–H groups in total. The van der Waals surface area contributed by atoms with E-state index in [2.05, 4.69) is 10.7 Å². The molecule has 2 amide bonds. The summed E-state index contributed by atoms with van der Waals surface area (Å²) < 4.78 is 5.19. The third-order valence-electron chi connectivity index (χ3n) is 5.90. The SMILES string of the molecule is CCN(Nc1ccc(OC)cc1)C(=O)C(NC(=O)c1cccc(C)c1)C(C)c1ccc([N+](=O)[O-])cc1. The van der Waals surface area contributed by atoms with Gasteiger partial charge in [0.2, 0.25) is 0 Å². The van der Waals surface area contributed by atoms with Gasteiger partial charge in [-0.2, -0.15) is 0 Å². The van der Waals surface area contributed by atoms with Crippen molar-refractivity contribution >= 4 is 23.2 Å². The second-order valence-electron chi connectivity index (χ2n) is 8.38. The molecule has 2 unspecified atom stereocenters. The van der Waals surface area contributed by atoms with Crippen LogP contribution in [0.25, 0.3) is 0 Å². The van der Waals surface area contributed by atoms with Crippen molar-refractivity contribution < 1.29 is 19.2 Å². The number of rotatable bonds is 10. The number of carbonyl (C=O) groups excluding carboxylic acids is 2. The van der Waals surface area contributed by atoms with E-state index in [0.29, 0.717) is 29.1 Å². The Kier molecular flexibility index (Phi) is 8.61. The van der Waals surface area contributed by atoms with Gasteiger partial charge in [0.25, 0.3) is 17.5 Å². The number of ether oxygens (including phenoxy) is 1. The Bertz CT molecular complexity index is 1210. The highest BCUT2D eigenvalue weighted by atomic mass is 16.6. The molecule has 0 radical (unpaired) electrons. The molecule has 9 heteroatoms. The van der Waals surface area contributed by atoms with Crippen LogP contribution in [0.5, 0.6) is 5.75 Å². The van der Waals surface area contributed by atoms with Crippen LogP contribution in [0.2, 0.25) is 0 Å². The predicted molar refractivity (Wildman–Crippen MR) is 138 cm³/mol. The minimum Gasteiger partial charge on any atom is -0.497 e. The Hall–Kier alpha value is -4.40. The normalized spacial score (nSPS) is 12.2. The maximum atomic E-state index is 13.7. The number of anilines is 1. The number of nitro benzene ring substituents is 1. The molecule has 188 valence electrons. The van der Waals surface area contributed by atoms with Gasteiger partial charge in [-0.25, -0.2) is 0 Å². The zero-order valence-electron chi connectivity index (χ0n) is 20.7. The minimum absolute atomic E-state index is 0.0472. The molecular formula is C27H30N4O5. The van der Waals surface area contributed by atoms with Gasteiger partial charge >= 0.3 is 0 Å². The highest BCUT2D eigenvalue weighted by molar-refractivity contribution is 5.98. The number of benzene rings is 3. The Morgan fingerprint density at radius 2 is 1.72 bits per heavy atom. The number of nitrogens with zero attached hydrogens (tertiary/aromatic N) is 2. The molecule has 0 heterocycles. The van der Waals surface area contributed by atoms with Gasteiger partial charge in [0, 0.05) is 30.2 Å². The molecule has 0 aliphatic rings. The average molecular weight is 491 g/mol. The maximum absolute atomic E-state index is 13.7. The van der Waals surface area contributed by atoms with Crippen LogP contribution in [0.4, 0.5) is 11.4 Å². The molecule has 0 saturated carbocycles. The van der Waals surface area contributed by atoms with Crippen molar-refractivity contribution in [1.82, 2.24) is 10.3 Å². The third kappa shape index (κ3) is 6.38. The van der Waals surface area contributed by atoms with Crippen molar-refractivity contribution in [2.75, 3.05) is 19.1 Å². The number of hydrogen-bond donors (Lipinski definition) is 2. The lowest BCUT2D eigenvalue weighted by Crippen LogP contribution is -2.52. The number of likely N-dealkylation sites (N-methyl/N-ethyl adjacent to an activating group) is 1. The number of methoxy groups -OCH3 is 1. The number of amides is 2.